The maximum atomic E-state index is 11.5. The summed E-state index contributed by atoms with van der Waals surface area (Å²) in [4.78, 5) is 18.6. The van der Waals surface area contributed by atoms with Crippen molar-refractivity contribution in [2.75, 3.05) is 4.90 Å². The predicted molar refractivity (Wildman–Crippen MR) is 139 cm³/mol. The third-order valence-corrected chi connectivity index (χ3v) is 9.16. The van der Waals surface area contributed by atoms with E-state index in [1.54, 1.807) is 13.0 Å². The van der Waals surface area contributed by atoms with Crippen molar-refractivity contribution >= 4 is 11.8 Å². The highest BCUT2D eigenvalue weighted by Gasteiger charge is 2.63. The second-order valence-corrected chi connectivity index (χ2v) is 11.5. The number of benzene rings is 1. The molecule has 5 unspecified atom stereocenters. The van der Waals surface area contributed by atoms with Gasteiger partial charge in [0.2, 0.25) is 0 Å². The van der Waals surface area contributed by atoms with Gasteiger partial charge >= 0.3 is 5.97 Å². The molecular weight excluding hydrogens is 466 g/mol. The Bertz CT molecular complexity index is 1370. The van der Waals surface area contributed by atoms with Crippen LogP contribution < -0.4 is 4.90 Å². The largest absolute Gasteiger partial charge is 0.478 e. The van der Waals surface area contributed by atoms with Gasteiger partial charge in [-0.25, -0.2) is 9.78 Å². The van der Waals surface area contributed by atoms with Gasteiger partial charge in [-0.05, 0) is 82.1 Å². The molecule has 2 aromatic heterocycles. The van der Waals surface area contributed by atoms with Gasteiger partial charge < -0.3 is 19.3 Å². The summed E-state index contributed by atoms with van der Waals surface area (Å²) in [6.45, 7) is 6.60. The lowest BCUT2D eigenvalue weighted by molar-refractivity contribution is 0.0695. The number of carbonyl (C=O) groups is 1. The first-order chi connectivity index (χ1) is 17.9. The van der Waals surface area contributed by atoms with Crippen LogP contribution in [0.15, 0.2) is 34.9 Å². The second-order valence-electron chi connectivity index (χ2n) is 11.5. The molecule has 2 aliphatic heterocycles. The van der Waals surface area contributed by atoms with Gasteiger partial charge in [0.1, 0.15) is 17.3 Å². The van der Waals surface area contributed by atoms with Crippen LogP contribution in [0.5, 0.6) is 0 Å². The zero-order valence-electron chi connectivity index (χ0n) is 21.6. The molecule has 3 aromatic rings. The van der Waals surface area contributed by atoms with Gasteiger partial charge in [-0.1, -0.05) is 23.4 Å². The Balaban J connectivity index is 1.12. The number of pyridine rings is 1. The van der Waals surface area contributed by atoms with Crippen molar-refractivity contribution in [1.29, 1.82) is 0 Å². The molecule has 5 atom stereocenters. The molecule has 2 aliphatic carbocycles. The van der Waals surface area contributed by atoms with Crippen molar-refractivity contribution in [2.24, 2.45) is 11.8 Å². The molecule has 4 heterocycles. The minimum absolute atomic E-state index is 0.241. The summed E-state index contributed by atoms with van der Waals surface area (Å²) in [5.41, 5.74) is 6.52. The minimum atomic E-state index is -0.923. The smallest absolute Gasteiger partial charge is 0.337 e. The summed E-state index contributed by atoms with van der Waals surface area (Å²) < 4.78 is 12.6. The Morgan fingerprint density at radius 2 is 1.89 bits per heavy atom. The Morgan fingerprint density at radius 1 is 1.11 bits per heavy atom. The van der Waals surface area contributed by atoms with Gasteiger partial charge in [0, 0.05) is 35.0 Å². The maximum absolute atomic E-state index is 11.5. The number of ether oxygens (including phenoxy) is 1. The first-order valence-corrected chi connectivity index (χ1v) is 13.6. The molecule has 2 saturated heterocycles. The molecule has 4 fully saturated rings. The van der Waals surface area contributed by atoms with E-state index >= 15 is 0 Å². The number of rotatable bonds is 7. The van der Waals surface area contributed by atoms with Gasteiger partial charge in [-0.2, -0.15) is 0 Å². The predicted octanol–water partition coefficient (Wildman–Crippen LogP) is 5.81. The summed E-state index contributed by atoms with van der Waals surface area (Å²) in [6.07, 6.45) is 5.98. The second kappa shape index (κ2) is 8.42. The molecule has 4 aliphatic rings. The van der Waals surface area contributed by atoms with Gasteiger partial charge in [-0.3, -0.25) is 0 Å². The van der Waals surface area contributed by atoms with E-state index in [-0.39, 0.29) is 11.7 Å². The van der Waals surface area contributed by atoms with Gasteiger partial charge in [0.25, 0.3) is 0 Å². The van der Waals surface area contributed by atoms with Gasteiger partial charge in [0.05, 0.1) is 24.0 Å². The minimum Gasteiger partial charge on any atom is -0.478 e. The van der Waals surface area contributed by atoms with Crippen LogP contribution in [-0.2, 0) is 11.3 Å². The van der Waals surface area contributed by atoms with Crippen LogP contribution in [-0.4, -0.2) is 39.4 Å². The van der Waals surface area contributed by atoms with Crippen LogP contribution in [0, 0.1) is 32.6 Å². The van der Waals surface area contributed by atoms with Crippen molar-refractivity contribution in [3.63, 3.8) is 0 Å². The Labute approximate surface area is 216 Å². The molecular formula is C30H33N3O4. The van der Waals surface area contributed by atoms with E-state index in [1.807, 2.05) is 6.07 Å². The van der Waals surface area contributed by atoms with E-state index in [1.165, 1.54) is 23.1 Å². The highest BCUT2D eigenvalue weighted by atomic mass is 16.5. The molecule has 1 N–H and O–H groups in total. The molecule has 192 valence electrons. The molecule has 7 rings (SSSR count). The monoisotopic (exact) mass is 499 g/mol. The Morgan fingerprint density at radius 3 is 2.59 bits per heavy atom. The standard InChI is InChI=1S/C30H33N3O4/c1-15-5-4-6-16(2)25(15)27-22(28(37-32-27)18-7-8-18)14-36-29-21-13-19-9-11-23(26(21)29)33(19)24-12-10-20(30(34)35)17(3)31-24/h4-6,10,12,18-19,21,23,26,29H,7-9,11,13-14H2,1-3H3,(H,34,35). The first-order valence-electron chi connectivity index (χ1n) is 13.6. The number of fused-ring (bicyclic) bond motifs is 4. The van der Waals surface area contributed by atoms with E-state index in [0.717, 1.165) is 48.5 Å². The van der Waals surface area contributed by atoms with E-state index in [4.69, 9.17) is 14.2 Å². The first kappa shape index (κ1) is 23.0. The number of carboxylic acids is 1. The maximum Gasteiger partial charge on any atom is 0.337 e. The third-order valence-electron chi connectivity index (χ3n) is 9.16. The Kier molecular flexibility index (Phi) is 5.22. The molecule has 0 radical (unpaired) electrons. The summed E-state index contributed by atoms with van der Waals surface area (Å²) in [7, 11) is 0. The lowest BCUT2D eigenvalue weighted by Crippen LogP contribution is -2.42. The van der Waals surface area contributed by atoms with Crippen LogP contribution >= 0.6 is 0 Å². The lowest BCUT2D eigenvalue weighted by Gasteiger charge is -2.35. The Hall–Kier alpha value is -3.19. The number of carboxylic acid groups (broad SMARTS) is 1. The van der Waals surface area contributed by atoms with E-state index in [0.29, 0.717) is 42.1 Å². The van der Waals surface area contributed by atoms with E-state index < -0.39 is 5.97 Å². The number of hydrogen-bond acceptors (Lipinski definition) is 6. The average molecular weight is 500 g/mol. The molecule has 2 bridgehead atoms. The number of aromatic nitrogens is 2. The van der Waals surface area contributed by atoms with Crippen molar-refractivity contribution in [3.05, 3.63) is 64.0 Å². The van der Waals surface area contributed by atoms with Crippen molar-refractivity contribution in [1.82, 2.24) is 10.1 Å². The van der Waals surface area contributed by atoms with Crippen LogP contribution in [0.3, 0.4) is 0 Å². The molecule has 37 heavy (non-hydrogen) atoms. The van der Waals surface area contributed by atoms with Crippen molar-refractivity contribution < 1.29 is 19.2 Å². The summed E-state index contributed by atoms with van der Waals surface area (Å²) >= 11 is 0. The molecule has 2 saturated carbocycles. The zero-order valence-corrected chi connectivity index (χ0v) is 21.6. The van der Waals surface area contributed by atoms with Gasteiger partial charge in [0.15, 0.2) is 0 Å². The van der Waals surface area contributed by atoms with Crippen molar-refractivity contribution in [2.45, 2.75) is 83.6 Å². The fourth-order valence-electron chi connectivity index (χ4n) is 7.20. The van der Waals surface area contributed by atoms with Crippen molar-refractivity contribution in [3.8, 4) is 11.3 Å². The zero-order chi connectivity index (χ0) is 25.4. The molecule has 1 aromatic carbocycles. The fourth-order valence-corrected chi connectivity index (χ4v) is 7.20. The number of piperidine rings is 1. The van der Waals surface area contributed by atoms with Crippen LogP contribution in [0.2, 0.25) is 0 Å². The van der Waals surface area contributed by atoms with E-state index in [9.17, 15) is 9.90 Å². The SMILES string of the molecule is Cc1cccc(C)c1-c1noc(C2CC2)c1COC1C2CC3CCC(C21)N3c1ccc(C(=O)O)c(C)n1. The summed E-state index contributed by atoms with van der Waals surface area (Å²) in [5.74, 6) is 2.55. The van der Waals surface area contributed by atoms with Gasteiger partial charge in [-0.15, -0.1) is 0 Å². The number of anilines is 1. The highest BCUT2D eigenvalue weighted by molar-refractivity contribution is 5.89. The topological polar surface area (TPSA) is 88.7 Å². The summed E-state index contributed by atoms with van der Waals surface area (Å²) in [6, 6.07) is 10.8. The number of nitrogens with zero attached hydrogens (tertiary/aromatic N) is 3. The fraction of sp³-hybridized carbons (Fsp3) is 0.500. The van der Waals surface area contributed by atoms with E-state index in [2.05, 4.69) is 42.1 Å². The molecule has 0 spiro atoms. The molecule has 0 amide bonds. The third kappa shape index (κ3) is 3.69. The normalized spacial score (nSPS) is 27.9. The molecule has 7 nitrogen and oxygen atoms in total. The van der Waals surface area contributed by atoms with Crippen LogP contribution in [0.1, 0.15) is 76.5 Å². The summed E-state index contributed by atoms with van der Waals surface area (Å²) in [5, 5.41) is 14.0. The number of aromatic carboxylic acids is 1. The quantitative estimate of drug-likeness (QED) is 0.439. The number of aryl methyl sites for hydroxylation is 3. The highest BCUT2D eigenvalue weighted by Crippen LogP contribution is 2.59. The van der Waals surface area contributed by atoms with Crippen LogP contribution in [0.25, 0.3) is 11.3 Å². The van der Waals surface area contributed by atoms with Crippen LogP contribution in [0.4, 0.5) is 5.82 Å². The average Bonchev–Trinajstić information content (AvgIpc) is 3.75. The lowest BCUT2D eigenvalue weighted by atomic mass is 9.96. The number of hydrogen-bond donors (Lipinski definition) is 1. The molecule has 7 heteroatoms.